The van der Waals surface area contributed by atoms with Gasteiger partial charge in [0.15, 0.2) is 0 Å². The monoisotopic (exact) mass is 228 g/mol. The largest absolute Gasteiger partial charge is 0.389 e. The topological polar surface area (TPSA) is 64.3 Å². The van der Waals surface area contributed by atoms with Crippen LogP contribution < -0.4 is 11.3 Å². The van der Waals surface area contributed by atoms with E-state index in [1.807, 2.05) is 5.43 Å². The van der Waals surface area contributed by atoms with Gasteiger partial charge in [-0.05, 0) is 12.8 Å². The molecule has 0 spiro atoms. The van der Waals surface area contributed by atoms with Gasteiger partial charge in [0.2, 0.25) is 0 Å². The maximum atomic E-state index is 11.7. The Balaban J connectivity index is 3.69. The highest BCUT2D eigenvalue weighted by Crippen LogP contribution is 2.21. The molecule has 0 aromatic heterocycles. The Kier molecular flexibility index (Phi) is 6.26. The third-order valence-electron chi connectivity index (χ3n) is 1.73. The van der Waals surface area contributed by atoms with Crippen LogP contribution in [0, 0.1) is 0 Å². The molecule has 0 aliphatic carbocycles. The number of carbonyl (C=O) groups excluding carboxylic acids is 1. The van der Waals surface area contributed by atoms with E-state index in [1.165, 1.54) is 0 Å². The third kappa shape index (κ3) is 7.15. The molecule has 0 rings (SSSR count). The molecule has 0 bridgehead atoms. The molecule has 0 heterocycles. The molecule has 1 atom stereocenters. The fourth-order valence-electron chi connectivity index (χ4n) is 0.970. The second-order valence-electron chi connectivity index (χ2n) is 3.00. The average Bonchev–Trinajstić information content (AvgIpc) is 2.15. The summed E-state index contributed by atoms with van der Waals surface area (Å²) >= 11 is 0. The fourth-order valence-corrected chi connectivity index (χ4v) is 0.970. The van der Waals surface area contributed by atoms with E-state index >= 15 is 0 Å². The first-order chi connectivity index (χ1) is 6.90. The molecule has 1 amide bonds. The highest BCUT2D eigenvalue weighted by Gasteiger charge is 2.26. The molecular formula is C8H15F3N2O2. The highest BCUT2D eigenvalue weighted by atomic mass is 19.4. The fraction of sp³-hybridized carbons (Fsp3) is 0.875. The summed E-state index contributed by atoms with van der Waals surface area (Å²) in [5.74, 6) is 4.34. The Morgan fingerprint density at radius 2 is 2.13 bits per heavy atom. The Morgan fingerprint density at radius 3 is 2.53 bits per heavy atom. The number of ether oxygens (including phenoxy) is 1. The first-order valence-corrected chi connectivity index (χ1v) is 4.59. The van der Waals surface area contributed by atoms with Gasteiger partial charge in [-0.3, -0.25) is 10.2 Å². The minimum atomic E-state index is -4.18. The van der Waals surface area contributed by atoms with Gasteiger partial charge < -0.3 is 4.74 Å². The second kappa shape index (κ2) is 6.62. The zero-order chi connectivity index (χ0) is 11.9. The molecule has 0 saturated heterocycles. The molecule has 90 valence electrons. The first kappa shape index (κ1) is 14.2. The standard InChI is InChI=1S/C8H15F3N2O2/c1-2-6(7(14)13-12)15-5-3-4-8(9,10)11/h6H,2-5,12H2,1H3,(H,13,14). The average molecular weight is 228 g/mol. The molecule has 0 fully saturated rings. The number of hydrazine groups is 1. The van der Waals surface area contributed by atoms with E-state index in [2.05, 4.69) is 0 Å². The van der Waals surface area contributed by atoms with Crippen LogP contribution in [-0.4, -0.2) is 24.8 Å². The van der Waals surface area contributed by atoms with Gasteiger partial charge in [-0.2, -0.15) is 13.2 Å². The lowest BCUT2D eigenvalue weighted by atomic mass is 10.2. The molecule has 0 radical (unpaired) electrons. The van der Waals surface area contributed by atoms with Crippen molar-refractivity contribution in [3.8, 4) is 0 Å². The Hall–Kier alpha value is -0.820. The number of carbonyl (C=O) groups is 1. The maximum absolute atomic E-state index is 11.7. The number of nitrogens with two attached hydrogens (primary N) is 1. The molecule has 0 saturated carbocycles. The number of halogens is 3. The van der Waals surface area contributed by atoms with Crippen LogP contribution in [0.2, 0.25) is 0 Å². The van der Waals surface area contributed by atoms with Gasteiger partial charge in [0, 0.05) is 13.0 Å². The van der Waals surface area contributed by atoms with Gasteiger partial charge in [0.25, 0.3) is 5.91 Å². The van der Waals surface area contributed by atoms with Crippen LogP contribution in [0.15, 0.2) is 0 Å². The van der Waals surface area contributed by atoms with E-state index in [0.717, 1.165) is 0 Å². The van der Waals surface area contributed by atoms with Gasteiger partial charge in [0.1, 0.15) is 6.10 Å². The van der Waals surface area contributed by atoms with Crippen LogP contribution in [0.3, 0.4) is 0 Å². The van der Waals surface area contributed by atoms with Crippen LogP contribution >= 0.6 is 0 Å². The number of hydrogen-bond acceptors (Lipinski definition) is 3. The number of rotatable bonds is 6. The van der Waals surface area contributed by atoms with Crippen molar-refractivity contribution in [1.29, 1.82) is 0 Å². The predicted molar refractivity (Wildman–Crippen MR) is 47.7 cm³/mol. The summed E-state index contributed by atoms with van der Waals surface area (Å²) in [6.07, 6.45) is -5.65. The number of hydrogen-bond donors (Lipinski definition) is 2. The van der Waals surface area contributed by atoms with Crippen molar-refractivity contribution in [3.05, 3.63) is 0 Å². The lowest BCUT2D eigenvalue weighted by Crippen LogP contribution is -2.40. The summed E-state index contributed by atoms with van der Waals surface area (Å²) in [7, 11) is 0. The lowest BCUT2D eigenvalue weighted by Gasteiger charge is -2.14. The third-order valence-corrected chi connectivity index (χ3v) is 1.73. The minimum Gasteiger partial charge on any atom is -0.368 e. The van der Waals surface area contributed by atoms with E-state index in [9.17, 15) is 18.0 Å². The summed E-state index contributed by atoms with van der Waals surface area (Å²) in [5.41, 5.74) is 1.89. The molecule has 3 N–H and O–H groups in total. The van der Waals surface area contributed by atoms with E-state index in [-0.39, 0.29) is 13.0 Å². The van der Waals surface area contributed by atoms with E-state index in [1.54, 1.807) is 6.92 Å². The summed E-state index contributed by atoms with van der Waals surface area (Å²) < 4.78 is 40.1. The molecule has 4 nitrogen and oxygen atoms in total. The Bertz CT molecular complexity index is 197. The Morgan fingerprint density at radius 1 is 1.53 bits per heavy atom. The van der Waals surface area contributed by atoms with Crippen LogP contribution in [0.4, 0.5) is 13.2 Å². The van der Waals surface area contributed by atoms with Crippen molar-refractivity contribution in [2.75, 3.05) is 6.61 Å². The Labute approximate surface area is 85.9 Å². The zero-order valence-corrected chi connectivity index (χ0v) is 8.43. The van der Waals surface area contributed by atoms with Gasteiger partial charge in [-0.25, -0.2) is 5.84 Å². The first-order valence-electron chi connectivity index (χ1n) is 4.59. The van der Waals surface area contributed by atoms with Gasteiger partial charge in [0.05, 0.1) is 0 Å². The predicted octanol–water partition coefficient (Wildman–Crippen LogP) is 1.11. The van der Waals surface area contributed by atoms with Gasteiger partial charge in [-0.1, -0.05) is 6.92 Å². The summed E-state index contributed by atoms with van der Waals surface area (Å²) in [5, 5.41) is 0. The van der Waals surface area contributed by atoms with Gasteiger partial charge >= 0.3 is 6.18 Å². The van der Waals surface area contributed by atoms with Crippen LogP contribution in [0.1, 0.15) is 26.2 Å². The van der Waals surface area contributed by atoms with Crippen molar-refractivity contribution >= 4 is 5.91 Å². The van der Waals surface area contributed by atoms with E-state index in [0.29, 0.717) is 6.42 Å². The highest BCUT2D eigenvalue weighted by molar-refractivity contribution is 5.79. The zero-order valence-electron chi connectivity index (χ0n) is 8.43. The molecule has 15 heavy (non-hydrogen) atoms. The number of alkyl halides is 3. The molecule has 1 unspecified atom stereocenters. The molecule has 0 aliphatic heterocycles. The molecular weight excluding hydrogens is 213 g/mol. The second-order valence-corrected chi connectivity index (χ2v) is 3.00. The number of nitrogens with one attached hydrogen (secondary N) is 1. The van der Waals surface area contributed by atoms with Crippen LogP contribution in [0.5, 0.6) is 0 Å². The minimum absolute atomic E-state index is 0.106. The van der Waals surface area contributed by atoms with Crippen LogP contribution in [-0.2, 0) is 9.53 Å². The van der Waals surface area contributed by atoms with Gasteiger partial charge in [-0.15, -0.1) is 0 Å². The smallest absolute Gasteiger partial charge is 0.368 e. The summed E-state index contributed by atoms with van der Waals surface area (Å²) in [6, 6.07) is 0. The molecule has 0 aromatic carbocycles. The van der Waals surface area contributed by atoms with Crippen LogP contribution in [0.25, 0.3) is 0 Å². The lowest BCUT2D eigenvalue weighted by molar-refractivity contribution is -0.142. The van der Waals surface area contributed by atoms with E-state index in [4.69, 9.17) is 10.6 Å². The SMILES string of the molecule is CCC(OCCCC(F)(F)F)C(=O)NN. The molecule has 0 aliphatic rings. The summed E-state index contributed by atoms with van der Waals surface area (Å²) in [6.45, 7) is 1.58. The summed E-state index contributed by atoms with van der Waals surface area (Å²) in [4.78, 5) is 11.0. The maximum Gasteiger partial charge on any atom is 0.389 e. The molecule has 7 heteroatoms. The molecule has 0 aromatic rings. The van der Waals surface area contributed by atoms with Crippen molar-refractivity contribution in [2.45, 2.75) is 38.5 Å². The number of amides is 1. The van der Waals surface area contributed by atoms with E-state index < -0.39 is 24.6 Å². The van der Waals surface area contributed by atoms with Crippen molar-refractivity contribution in [1.82, 2.24) is 5.43 Å². The van der Waals surface area contributed by atoms with Crippen molar-refractivity contribution in [2.24, 2.45) is 5.84 Å². The van der Waals surface area contributed by atoms with Crippen molar-refractivity contribution in [3.63, 3.8) is 0 Å². The quantitative estimate of drug-likeness (QED) is 0.310. The van der Waals surface area contributed by atoms with Crippen molar-refractivity contribution < 1.29 is 22.7 Å². The normalized spacial score (nSPS) is 13.7.